The van der Waals surface area contributed by atoms with Gasteiger partial charge in [-0.2, -0.15) is 5.10 Å². The minimum absolute atomic E-state index is 0.298. The monoisotopic (exact) mass is 442 g/mol. The normalized spacial score (nSPS) is 12.0. The minimum Gasteiger partial charge on any atom is -0.465 e. The number of hydrogen-bond acceptors (Lipinski definition) is 6. The van der Waals surface area contributed by atoms with E-state index < -0.39 is 5.97 Å². The van der Waals surface area contributed by atoms with E-state index in [9.17, 15) is 4.79 Å². The van der Waals surface area contributed by atoms with Gasteiger partial charge in [0.1, 0.15) is 17.8 Å². The van der Waals surface area contributed by atoms with Crippen LogP contribution in [0.25, 0.3) is 33.3 Å². The first-order valence-corrected chi connectivity index (χ1v) is 9.41. The SMILES string of the molecule is COC(=O)c1ccc2c(Br)c(-c3nn(C(C)(C)C)c4ncnc(N)c34)[nH]c2c1. The lowest BCUT2D eigenvalue weighted by Crippen LogP contribution is -2.23. The van der Waals surface area contributed by atoms with E-state index in [-0.39, 0.29) is 5.54 Å². The smallest absolute Gasteiger partial charge is 0.337 e. The van der Waals surface area contributed by atoms with E-state index in [4.69, 9.17) is 15.6 Å². The van der Waals surface area contributed by atoms with E-state index in [0.717, 1.165) is 21.1 Å². The van der Waals surface area contributed by atoms with Crippen LogP contribution in [0.15, 0.2) is 29.0 Å². The average molecular weight is 443 g/mol. The van der Waals surface area contributed by atoms with Crippen LogP contribution >= 0.6 is 15.9 Å². The summed E-state index contributed by atoms with van der Waals surface area (Å²) in [7, 11) is 1.36. The number of esters is 1. The first kappa shape index (κ1) is 18.4. The lowest BCUT2D eigenvalue weighted by Gasteiger charge is -2.19. The van der Waals surface area contributed by atoms with Gasteiger partial charge >= 0.3 is 5.97 Å². The summed E-state index contributed by atoms with van der Waals surface area (Å²) in [4.78, 5) is 23.7. The van der Waals surface area contributed by atoms with Crippen LogP contribution in [0, 0.1) is 0 Å². The molecular formula is C19H19BrN6O2. The fraction of sp³-hybridized carbons (Fsp3) is 0.263. The van der Waals surface area contributed by atoms with Gasteiger partial charge in [0.2, 0.25) is 0 Å². The Labute approximate surface area is 169 Å². The fourth-order valence-corrected chi connectivity index (χ4v) is 3.82. The van der Waals surface area contributed by atoms with Crippen LogP contribution in [0.1, 0.15) is 31.1 Å². The maximum atomic E-state index is 11.9. The van der Waals surface area contributed by atoms with E-state index in [1.165, 1.54) is 13.4 Å². The highest BCUT2D eigenvalue weighted by molar-refractivity contribution is 9.10. The molecule has 0 bridgehead atoms. The van der Waals surface area contributed by atoms with Crippen molar-refractivity contribution in [3.8, 4) is 11.4 Å². The maximum absolute atomic E-state index is 11.9. The van der Waals surface area contributed by atoms with Gasteiger partial charge in [0.15, 0.2) is 5.65 Å². The molecule has 3 heterocycles. The first-order valence-electron chi connectivity index (χ1n) is 8.62. The Balaban J connectivity index is 2.02. The highest BCUT2D eigenvalue weighted by atomic mass is 79.9. The van der Waals surface area contributed by atoms with E-state index in [1.54, 1.807) is 12.1 Å². The molecule has 0 aliphatic rings. The Hall–Kier alpha value is -2.94. The maximum Gasteiger partial charge on any atom is 0.337 e. The lowest BCUT2D eigenvalue weighted by molar-refractivity contribution is 0.0601. The molecule has 0 saturated carbocycles. The van der Waals surface area contributed by atoms with Crippen LogP contribution < -0.4 is 5.73 Å². The number of rotatable bonds is 2. The number of hydrogen-bond donors (Lipinski definition) is 2. The third-order valence-corrected chi connectivity index (χ3v) is 5.35. The van der Waals surface area contributed by atoms with Crippen LogP contribution in [-0.4, -0.2) is 37.8 Å². The second kappa shape index (κ2) is 6.30. The number of nitrogens with one attached hydrogen (secondary N) is 1. The molecule has 4 rings (SSSR count). The van der Waals surface area contributed by atoms with Crippen LogP contribution in [0.2, 0.25) is 0 Å². The Morgan fingerprint density at radius 1 is 1.29 bits per heavy atom. The second-order valence-corrected chi connectivity index (χ2v) is 8.25. The molecule has 0 fully saturated rings. The number of carbonyl (C=O) groups is 1. The van der Waals surface area contributed by atoms with Crippen LogP contribution in [0.3, 0.4) is 0 Å². The van der Waals surface area contributed by atoms with Gasteiger partial charge in [-0.3, -0.25) is 0 Å². The van der Waals surface area contributed by atoms with Crippen molar-refractivity contribution in [3.05, 3.63) is 34.6 Å². The number of nitrogens with two attached hydrogens (primary N) is 1. The van der Waals surface area contributed by atoms with E-state index in [0.29, 0.717) is 28.1 Å². The molecule has 3 aromatic heterocycles. The van der Waals surface area contributed by atoms with Crippen LogP contribution in [0.4, 0.5) is 5.82 Å². The molecule has 3 N–H and O–H groups in total. The fourth-order valence-electron chi connectivity index (χ4n) is 3.19. The van der Waals surface area contributed by atoms with E-state index in [2.05, 4.69) is 30.9 Å². The largest absolute Gasteiger partial charge is 0.465 e. The predicted octanol–water partition coefficient (Wildman–Crippen LogP) is 3.86. The highest BCUT2D eigenvalue weighted by Gasteiger charge is 2.26. The lowest BCUT2D eigenvalue weighted by atomic mass is 10.1. The van der Waals surface area contributed by atoms with Crippen molar-refractivity contribution in [3.63, 3.8) is 0 Å². The van der Waals surface area contributed by atoms with Gasteiger partial charge in [-0.05, 0) is 48.8 Å². The summed E-state index contributed by atoms with van der Waals surface area (Å²) in [6.07, 6.45) is 1.44. The summed E-state index contributed by atoms with van der Waals surface area (Å²) in [6, 6.07) is 5.33. The standard InChI is InChI=1S/C19H19BrN6O2/c1-19(2,3)26-17-12(16(21)22-8-23-17)14(25-26)15-13(20)10-6-5-9(18(27)28-4)7-11(10)24-15/h5-8,24H,1-4H3,(H2,21,22,23). The summed E-state index contributed by atoms with van der Waals surface area (Å²) < 4.78 is 7.47. The molecule has 0 atom stereocenters. The van der Waals surface area contributed by atoms with Gasteiger partial charge in [-0.1, -0.05) is 6.07 Å². The quantitative estimate of drug-likeness (QED) is 0.455. The molecule has 144 valence electrons. The summed E-state index contributed by atoms with van der Waals surface area (Å²) in [5.41, 5.74) is 9.17. The Kier molecular flexibility index (Phi) is 4.15. The Morgan fingerprint density at radius 2 is 2.04 bits per heavy atom. The highest BCUT2D eigenvalue weighted by Crippen LogP contribution is 2.39. The van der Waals surface area contributed by atoms with Crippen molar-refractivity contribution in [2.45, 2.75) is 26.3 Å². The predicted molar refractivity (Wildman–Crippen MR) is 111 cm³/mol. The number of aromatic nitrogens is 5. The number of nitrogens with zero attached hydrogens (tertiary/aromatic N) is 4. The minimum atomic E-state index is -0.394. The van der Waals surface area contributed by atoms with Gasteiger partial charge in [0, 0.05) is 10.9 Å². The average Bonchev–Trinajstić information content (AvgIpc) is 3.20. The number of nitrogen functional groups attached to an aromatic ring is 1. The number of benzene rings is 1. The zero-order valence-electron chi connectivity index (χ0n) is 15.9. The molecule has 0 amide bonds. The number of carbonyl (C=O) groups excluding carboxylic acids is 1. The number of halogens is 1. The third kappa shape index (κ3) is 2.73. The van der Waals surface area contributed by atoms with Crippen LogP contribution in [0.5, 0.6) is 0 Å². The molecule has 28 heavy (non-hydrogen) atoms. The Morgan fingerprint density at radius 3 is 2.71 bits per heavy atom. The van der Waals surface area contributed by atoms with E-state index in [1.807, 2.05) is 31.5 Å². The molecule has 0 unspecified atom stereocenters. The van der Waals surface area contributed by atoms with Gasteiger partial charge in [0.25, 0.3) is 0 Å². The van der Waals surface area contributed by atoms with Crippen molar-refractivity contribution in [1.82, 2.24) is 24.7 Å². The summed E-state index contributed by atoms with van der Waals surface area (Å²) in [5.74, 6) is -0.0365. The summed E-state index contributed by atoms with van der Waals surface area (Å²) >= 11 is 3.66. The molecule has 0 spiro atoms. The van der Waals surface area contributed by atoms with Crippen molar-refractivity contribution >= 4 is 49.7 Å². The van der Waals surface area contributed by atoms with Gasteiger partial charge in [0.05, 0.1) is 33.8 Å². The summed E-state index contributed by atoms with van der Waals surface area (Å²) in [6.45, 7) is 6.14. The number of aromatic amines is 1. The number of fused-ring (bicyclic) bond motifs is 2. The number of ether oxygens (including phenoxy) is 1. The molecule has 0 radical (unpaired) electrons. The van der Waals surface area contributed by atoms with Gasteiger partial charge in [-0.25, -0.2) is 19.4 Å². The second-order valence-electron chi connectivity index (χ2n) is 7.45. The topological polar surface area (TPSA) is 112 Å². The first-order chi connectivity index (χ1) is 13.2. The summed E-state index contributed by atoms with van der Waals surface area (Å²) in [5, 5.41) is 6.39. The molecule has 0 aliphatic heterocycles. The third-order valence-electron chi connectivity index (χ3n) is 4.52. The number of methoxy groups -OCH3 is 1. The van der Waals surface area contributed by atoms with Crippen molar-refractivity contribution in [2.75, 3.05) is 12.8 Å². The molecular weight excluding hydrogens is 424 g/mol. The number of anilines is 1. The molecule has 8 nitrogen and oxygen atoms in total. The van der Waals surface area contributed by atoms with E-state index >= 15 is 0 Å². The van der Waals surface area contributed by atoms with Crippen molar-refractivity contribution < 1.29 is 9.53 Å². The zero-order valence-corrected chi connectivity index (χ0v) is 17.5. The molecule has 4 aromatic rings. The Bertz CT molecular complexity index is 1230. The molecule has 0 saturated heterocycles. The zero-order chi connectivity index (χ0) is 20.2. The molecule has 1 aromatic carbocycles. The van der Waals surface area contributed by atoms with Crippen molar-refractivity contribution in [2.24, 2.45) is 0 Å². The molecule has 9 heteroatoms. The van der Waals surface area contributed by atoms with Crippen molar-refractivity contribution in [1.29, 1.82) is 0 Å². The van der Waals surface area contributed by atoms with Gasteiger partial charge in [-0.15, -0.1) is 0 Å². The number of H-pyrrole nitrogens is 1. The van der Waals surface area contributed by atoms with Crippen LogP contribution in [-0.2, 0) is 10.3 Å². The molecule has 0 aliphatic carbocycles. The van der Waals surface area contributed by atoms with Gasteiger partial charge < -0.3 is 15.5 Å².